The van der Waals surface area contributed by atoms with Gasteiger partial charge in [0.25, 0.3) is 0 Å². The Morgan fingerprint density at radius 1 is 0.879 bits per heavy atom. The topological polar surface area (TPSA) is 110 Å². The zero-order valence-corrected chi connectivity index (χ0v) is 18.2. The minimum atomic E-state index is -1.82. The first-order chi connectivity index (χ1) is 15.8. The molecule has 33 heavy (non-hydrogen) atoms. The molecule has 3 N–H and O–H groups in total. The molecule has 176 valence electrons. The van der Waals surface area contributed by atoms with Crippen molar-refractivity contribution in [3.8, 4) is 0 Å². The number of piperazine rings is 1. The zero-order chi connectivity index (χ0) is 24.1. The summed E-state index contributed by atoms with van der Waals surface area (Å²) < 4.78 is 13.6. The largest absolute Gasteiger partial charge is 0.473 e. The van der Waals surface area contributed by atoms with Crippen LogP contribution in [0.2, 0.25) is 0 Å². The lowest BCUT2D eigenvalue weighted by molar-refractivity contribution is -0.159. The number of nitrogens with zero attached hydrogens (tertiary/aromatic N) is 2. The molecule has 0 spiro atoms. The van der Waals surface area contributed by atoms with Gasteiger partial charge in [-0.05, 0) is 17.7 Å². The second-order valence-corrected chi connectivity index (χ2v) is 7.34. The third-order valence-corrected chi connectivity index (χ3v) is 4.92. The van der Waals surface area contributed by atoms with E-state index in [1.54, 1.807) is 18.2 Å². The summed E-state index contributed by atoms with van der Waals surface area (Å²) >= 11 is 0. The molecule has 2 aromatic rings. The van der Waals surface area contributed by atoms with E-state index in [2.05, 4.69) is 39.4 Å². The summed E-state index contributed by atoms with van der Waals surface area (Å²) in [6.07, 6.45) is 4.73. The maximum absolute atomic E-state index is 13.6. The predicted molar refractivity (Wildman–Crippen MR) is 123 cm³/mol. The van der Waals surface area contributed by atoms with E-state index in [0.717, 1.165) is 32.7 Å². The second-order valence-electron chi connectivity index (χ2n) is 7.34. The number of rotatable bonds is 7. The molecule has 1 amide bonds. The van der Waals surface area contributed by atoms with Crippen LogP contribution in [0.5, 0.6) is 0 Å². The summed E-state index contributed by atoms with van der Waals surface area (Å²) in [4.78, 5) is 34.9. The SMILES string of the molecule is O=C(CCN1CCN(C/C=C/c2ccccc2)CC1)Nc1ccccc1F.O=C(O)C(=O)O. The molecule has 0 aliphatic carbocycles. The molecule has 8 nitrogen and oxygen atoms in total. The summed E-state index contributed by atoms with van der Waals surface area (Å²) in [7, 11) is 0. The summed E-state index contributed by atoms with van der Waals surface area (Å²) in [5.41, 5.74) is 1.47. The van der Waals surface area contributed by atoms with Gasteiger partial charge in [-0.25, -0.2) is 14.0 Å². The summed E-state index contributed by atoms with van der Waals surface area (Å²) in [6.45, 7) is 5.53. The first-order valence-electron chi connectivity index (χ1n) is 10.5. The van der Waals surface area contributed by atoms with Crippen molar-refractivity contribution in [2.45, 2.75) is 6.42 Å². The predicted octanol–water partition coefficient (Wildman–Crippen LogP) is 2.64. The van der Waals surface area contributed by atoms with Crippen LogP contribution in [0.1, 0.15) is 12.0 Å². The van der Waals surface area contributed by atoms with E-state index >= 15 is 0 Å². The molecular formula is C24H28FN3O5. The van der Waals surface area contributed by atoms with Gasteiger partial charge < -0.3 is 20.4 Å². The maximum atomic E-state index is 13.6. The molecule has 1 fully saturated rings. The van der Waals surface area contributed by atoms with Crippen LogP contribution in [0.15, 0.2) is 60.7 Å². The van der Waals surface area contributed by atoms with Gasteiger partial charge in [-0.3, -0.25) is 9.69 Å². The Morgan fingerprint density at radius 2 is 1.45 bits per heavy atom. The molecule has 0 unspecified atom stereocenters. The number of carboxylic acid groups (broad SMARTS) is 2. The van der Waals surface area contributed by atoms with Crippen molar-refractivity contribution in [2.24, 2.45) is 0 Å². The van der Waals surface area contributed by atoms with Crippen molar-refractivity contribution >= 4 is 29.6 Å². The third-order valence-electron chi connectivity index (χ3n) is 4.92. The fourth-order valence-electron chi connectivity index (χ4n) is 3.13. The van der Waals surface area contributed by atoms with Crippen LogP contribution in [0.25, 0.3) is 6.08 Å². The molecule has 1 saturated heterocycles. The maximum Gasteiger partial charge on any atom is 0.414 e. The van der Waals surface area contributed by atoms with Crippen LogP contribution in [0, 0.1) is 5.82 Å². The number of carbonyl (C=O) groups excluding carboxylic acids is 1. The number of hydrogen-bond acceptors (Lipinski definition) is 5. The van der Waals surface area contributed by atoms with E-state index in [4.69, 9.17) is 19.8 Å². The molecule has 0 atom stereocenters. The van der Waals surface area contributed by atoms with E-state index in [0.29, 0.717) is 13.0 Å². The number of benzene rings is 2. The first-order valence-corrected chi connectivity index (χ1v) is 10.5. The van der Waals surface area contributed by atoms with Gasteiger partial charge in [-0.15, -0.1) is 0 Å². The fourth-order valence-corrected chi connectivity index (χ4v) is 3.13. The molecular weight excluding hydrogens is 429 g/mol. The van der Waals surface area contributed by atoms with Crippen molar-refractivity contribution in [3.05, 3.63) is 72.1 Å². The number of aliphatic carboxylic acids is 2. The van der Waals surface area contributed by atoms with Crippen molar-refractivity contribution in [3.63, 3.8) is 0 Å². The van der Waals surface area contributed by atoms with Crippen molar-refractivity contribution in [2.75, 3.05) is 44.6 Å². The van der Waals surface area contributed by atoms with Crippen LogP contribution in [0.3, 0.4) is 0 Å². The van der Waals surface area contributed by atoms with Gasteiger partial charge in [0.2, 0.25) is 5.91 Å². The van der Waals surface area contributed by atoms with Crippen LogP contribution in [-0.2, 0) is 14.4 Å². The molecule has 0 aromatic heterocycles. The molecule has 0 radical (unpaired) electrons. The lowest BCUT2D eigenvalue weighted by atomic mass is 10.2. The molecule has 0 bridgehead atoms. The van der Waals surface area contributed by atoms with Gasteiger partial charge in [-0.2, -0.15) is 0 Å². The quantitative estimate of drug-likeness (QED) is 0.548. The fraction of sp³-hybridized carbons (Fsp3) is 0.292. The number of carboxylic acids is 2. The van der Waals surface area contributed by atoms with E-state index in [1.165, 1.54) is 11.6 Å². The molecule has 9 heteroatoms. The summed E-state index contributed by atoms with van der Waals surface area (Å²) in [5, 5.41) is 17.4. The Balaban J connectivity index is 0.000000569. The monoisotopic (exact) mass is 457 g/mol. The van der Waals surface area contributed by atoms with Gasteiger partial charge in [0.15, 0.2) is 0 Å². The molecule has 1 heterocycles. The normalized spacial score (nSPS) is 14.3. The van der Waals surface area contributed by atoms with Gasteiger partial charge in [0.05, 0.1) is 5.69 Å². The third kappa shape index (κ3) is 10.1. The van der Waals surface area contributed by atoms with E-state index < -0.39 is 17.8 Å². The highest BCUT2D eigenvalue weighted by Gasteiger charge is 2.16. The zero-order valence-electron chi connectivity index (χ0n) is 18.2. The lowest BCUT2D eigenvalue weighted by Gasteiger charge is -2.34. The molecule has 1 aliphatic heterocycles. The van der Waals surface area contributed by atoms with Crippen LogP contribution in [0.4, 0.5) is 10.1 Å². The number of hydrogen-bond donors (Lipinski definition) is 3. The molecule has 2 aromatic carbocycles. The minimum Gasteiger partial charge on any atom is -0.473 e. The smallest absolute Gasteiger partial charge is 0.414 e. The van der Waals surface area contributed by atoms with Gasteiger partial charge >= 0.3 is 11.9 Å². The van der Waals surface area contributed by atoms with Crippen LogP contribution < -0.4 is 5.32 Å². The number of nitrogens with one attached hydrogen (secondary N) is 1. The van der Waals surface area contributed by atoms with Gasteiger partial charge in [0.1, 0.15) is 5.82 Å². The Kier molecular flexibility index (Phi) is 10.7. The Hall–Kier alpha value is -3.56. The van der Waals surface area contributed by atoms with Crippen molar-refractivity contribution < 1.29 is 29.0 Å². The van der Waals surface area contributed by atoms with E-state index in [9.17, 15) is 9.18 Å². The lowest BCUT2D eigenvalue weighted by Crippen LogP contribution is -2.46. The summed E-state index contributed by atoms with van der Waals surface area (Å²) in [5.74, 6) is -4.19. The number of para-hydroxylation sites is 1. The number of carbonyl (C=O) groups is 3. The Labute approximate surface area is 191 Å². The number of halogens is 1. The molecule has 0 saturated carbocycles. The molecule has 1 aliphatic rings. The number of amides is 1. The van der Waals surface area contributed by atoms with E-state index in [1.807, 2.05) is 18.2 Å². The highest BCUT2D eigenvalue weighted by molar-refractivity contribution is 6.27. The van der Waals surface area contributed by atoms with E-state index in [-0.39, 0.29) is 11.6 Å². The highest BCUT2D eigenvalue weighted by Crippen LogP contribution is 2.13. The highest BCUT2D eigenvalue weighted by atomic mass is 19.1. The first kappa shape index (κ1) is 25.7. The summed E-state index contributed by atoms with van der Waals surface area (Å²) in [6, 6.07) is 16.6. The van der Waals surface area contributed by atoms with Crippen LogP contribution in [-0.4, -0.2) is 77.1 Å². The molecule has 3 rings (SSSR count). The minimum absolute atomic E-state index is 0.145. The average Bonchev–Trinajstić information content (AvgIpc) is 2.81. The standard InChI is InChI=1S/C22H26FN3O.C2H2O4/c23-20-10-4-5-11-21(20)24-22(27)12-14-26-17-15-25(16-18-26)13-6-9-19-7-2-1-3-8-19;3-1(4)2(5)6/h1-11H,12-18H2,(H,24,27);(H,3,4)(H,5,6)/b9-6+;. The van der Waals surface area contributed by atoms with Gasteiger partial charge in [-0.1, -0.05) is 54.6 Å². The Bertz CT molecular complexity index is 932. The van der Waals surface area contributed by atoms with Crippen molar-refractivity contribution in [1.29, 1.82) is 0 Å². The van der Waals surface area contributed by atoms with Crippen molar-refractivity contribution in [1.82, 2.24) is 9.80 Å². The number of anilines is 1. The van der Waals surface area contributed by atoms with Crippen LogP contribution >= 0.6 is 0 Å². The average molecular weight is 458 g/mol. The Morgan fingerprint density at radius 3 is 2.06 bits per heavy atom. The van der Waals surface area contributed by atoms with Gasteiger partial charge in [0, 0.05) is 45.7 Å². The second kappa shape index (κ2) is 13.8.